The SMILES string of the molecule is CCNC(=O)CSc1cc(C(F)(F)F)cc(Cl)n1. The smallest absolute Gasteiger partial charge is 0.356 e. The van der Waals surface area contributed by atoms with Crippen LogP contribution in [0.25, 0.3) is 0 Å². The van der Waals surface area contributed by atoms with Crippen LogP contribution >= 0.6 is 23.4 Å². The highest BCUT2D eigenvalue weighted by Crippen LogP contribution is 2.32. The number of alkyl halides is 3. The van der Waals surface area contributed by atoms with Gasteiger partial charge in [0, 0.05) is 6.54 Å². The quantitative estimate of drug-likeness (QED) is 0.686. The van der Waals surface area contributed by atoms with Gasteiger partial charge >= 0.3 is 6.18 Å². The van der Waals surface area contributed by atoms with Crippen molar-refractivity contribution in [3.05, 3.63) is 22.8 Å². The number of carbonyl (C=O) groups excluding carboxylic acids is 1. The fourth-order valence-corrected chi connectivity index (χ4v) is 2.11. The summed E-state index contributed by atoms with van der Waals surface area (Å²) in [5.74, 6) is -0.267. The molecule has 1 heterocycles. The van der Waals surface area contributed by atoms with Crippen molar-refractivity contribution in [3.63, 3.8) is 0 Å². The molecule has 100 valence electrons. The highest BCUT2D eigenvalue weighted by molar-refractivity contribution is 7.99. The maximum atomic E-state index is 12.5. The highest BCUT2D eigenvalue weighted by atomic mass is 35.5. The molecule has 18 heavy (non-hydrogen) atoms. The Balaban J connectivity index is 2.78. The summed E-state index contributed by atoms with van der Waals surface area (Å²) < 4.78 is 37.5. The van der Waals surface area contributed by atoms with Gasteiger partial charge in [0.2, 0.25) is 5.91 Å². The van der Waals surface area contributed by atoms with Crippen molar-refractivity contribution in [3.8, 4) is 0 Å². The van der Waals surface area contributed by atoms with Crippen molar-refractivity contribution < 1.29 is 18.0 Å². The van der Waals surface area contributed by atoms with Crippen LogP contribution in [-0.2, 0) is 11.0 Å². The predicted molar refractivity (Wildman–Crippen MR) is 63.7 cm³/mol. The van der Waals surface area contributed by atoms with E-state index in [2.05, 4.69) is 10.3 Å². The fraction of sp³-hybridized carbons (Fsp3) is 0.400. The van der Waals surface area contributed by atoms with Crippen molar-refractivity contribution in [1.82, 2.24) is 10.3 Å². The van der Waals surface area contributed by atoms with Gasteiger partial charge < -0.3 is 5.32 Å². The zero-order valence-corrected chi connectivity index (χ0v) is 10.9. The Morgan fingerprint density at radius 2 is 2.17 bits per heavy atom. The topological polar surface area (TPSA) is 42.0 Å². The zero-order chi connectivity index (χ0) is 13.8. The first-order valence-electron chi connectivity index (χ1n) is 4.97. The molecule has 1 rings (SSSR count). The molecular formula is C10H10ClF3N2OS. The Labute approximate surface area is 111 Å². The third-order valence-electron chi connectivity index (χ3n) is 1.82. The lowest BCUT2D eigenvalue weighted by Crippen LogP contribution is -2.24. The van der Waals surface area contributed by atoms with Crippen LogP contribution in [0.4, 0.5) is 13.2 Å². The minimum atomic E-state index is -4.48. The number of halogens is 4. The lowest BCUT2D eigenvalue weighted by Gasteiger charge is -2.08. The second-order valence-electron chi connectivity index (χ2n) is 3.26. The minimum Gasteiger partial charge on any atom is -0.356 e. The molecule has 1 N–H and O–H groups in total. The fourth-order valence-electron chi connectivity index (χ4n) is 1.10. The average Bonchev–Trinajstić information content (AvgIpc) is 2.25. The van der Waals surface area contributed by atoms with E-state index in [-0.39, 0.29) is 21.8 Å². The molecule has 1 aromatic heterocycles. The minimum absolute atomic E-state index is 0.00151. The normalized spacial score (nSPS) is 11.4. The van der Waals surface area contributed by atoms with Crippen LogP contribution in [0.2, 0.25) is 5.15 Å². The maximum absolute atomic E-state index is 12.5. The van der Waals surface area contributed by atoms with Crippen LogP contribution in [0, 0.1) is 0 Å². The molecule has 0 bridgehead atoms. The molecule has 0 aliphatic rings. The van der Waals surface area contributed by atoms with Gasteiger partial charge in [0.05, 0.1) is 16.3 Å². The molecular weight excluding hydrogens is 289 g/mol. The lowest BCUT2D eigenvalue weighted by atomic mass is 10.3. The molecule has 0 aliphatic heterocycles. The highest BCUT2D eigenvalue weighted by Gasteiger charge is 2.31. The van der Waals surface area contributed by atoms with Gasteiger partial charge in [-0.1, -0.05) is 23.4 Å². The first-order chi connectivity index (χ1) is 8.32. The molecule has 0 spiro atoms. The monoisotopic (exact) mass is 298 g/mol. The summed E-state index contributed by atoms with van der Waals surface area (Å²) in [4.78, 5) is 14.9. The number of carbonyl (C=O) groups is 1. The number of amides is 1. The molecule has 0 saturated heterocycles. The molecule has 0 aliphatic carbocycles. The molecule has 3 nitrogen and oxygen atoms in total. The van der Waals surface area contributed by atoms with Crippen molar-refractivity contribution in [1.29, 1.82) is 0 Å². The number of hydrogen-bond acceptors (Lipinski definition) is 3. The van der Waals surface area contributed by atoms with Crippen LogP contribution in [0.1, 0.15) is 12.5 Å². The molecule has 0 fully saturated rings. The Bertz CT molecular complexity index is 440. The number of nitrogens with one attached hydrogen (secondary N) is 1. The van der Waals surface area contributed by atoms with Crippen molar-refractivity contribution in [2.45, 2.75) is 18.1 Å². The molecule has 0 aromatic carbocycles. The van der Waals surface area contributed by atoms with E-state index in [9.17, 15) is 18.0 Å². The van der Waals surface area contributed by atoms with Crippen molar-refractivity contribution in [2.24, 2.45) is 0 Å². The molecule has 0 radical (unpaired) electrons. The van der Waals surface area contributed by atoms with Crippen molar-refractivity contribution in [2.75, 3.05) is 12.3 Å². The number of hydrogen-bond donors (Lipinski definition) is 1. The summed E-state index contributed by atoms with van der Waals surface area (Å²) in [7, 11) is 0. The summed E-state index contributed by atoms with van der Waals surface area (Å²) >= 11 is 6.41. The Hall–Kier alpha value is -0.950. The van der Waals surface area contributed by atoms with E-state index in [0.29, 0.717) is 6.54 Å². The Kier molecular flexibility index (Phi) is 5.28. The lowest BCUT2D eigenvalue weighted by molar-refractivity contribution is -0.137. The molecule has 8 heteroatoms. The van der Waals surface area contributed by atoms with E-state index in [1.807, 2.05) is 0 Å². The molecule has 1 aromatic rings. The summed E-state index contributed by atoms with van der Waals surface area (Å²) in [5.41, 5.74) is -0.874. The van der Waals surface area contributed by atoms with Crippen LogP contribution in [0.5, 0.6) is 0 Å². The predicted octanol–water partition coefficient (Wildman–Crippen LogP) is 2.98. The third kappa shape index (κ3) is 4.73. The van der Waals surface area contributed by atoms with Crippen LogP contribution in [-0.4, -0.2) is 23.2 Å². The second-order valence-corrected chi connectivity index (χ2v) is 4.64. The summed E-state index contributed by atoms with van der Waals surface area (Å²) in [6, 6.07) is 1.62. The first kappa shape index (κ1) is 15.1. The van der Waals surface area contributed by atoms with Gasteiger partial charge in [-0.25, -0.2) is 4.98 Å². The molecule has 0 atom stereocenters. The largest absolute Gasteiger partial charge is 0.416 e. The maximum Gasteiger partial charge on any atom is 0.416 e. The Morgan fingerprint density at radius 1 is 1.50 bits per heavy atom. The molecule has 0 saturated carbocycles. The third-order valence-corrected chi connectivity index (χ3v) is 2.93. The Morgan fingerprint density at radius 3 is 2.72 bits per heavy atom. The molecule has 0 unspecified atom stereocenters. The van der Waals surface area contributed by atoms with Crippen LogP contribution in [0.3, 0.4) is 0 Å². The van der Waals surface area contributed by atoms with Gasteiger partial charge in [0.15, 0.2) is 0 Å². The van der Waals surface area contributed by atoms with E-state index < -0.39 is 11.7 Å². The number of pyridine rings is 1. The summed E-state index contributed by atoms with van der Waals surface area (Å²) in [5, 5.41) is 2.36. The van der Waals surface area contributed by atoms with Gasteiger partial charge in [-0.2, -0.15) is 13.2 Å². The van der Waals surface area contributed by atoms with Crippen LogP contribution < -0.4 is 5.32 Å². The van der Waals surface area contributed by atoms with E-state index >= 15 is 0 Å². The first-order valence-corrected chi connectivity index (χ1v) is 6.33. The van der Waals surface area contributed by atoms with Gasteiger partial charge in [-0.3, -0.25) is 4.79 Å². The second kappa shape index (κ2) is 6.29. The van der Waals surface area contributed by atoms with E-state index in [0.717, 1.165) is 23.9 Å². The number of rotatable bonds is 4. The van der Waals surface area contributed by atoms with E-state index in [1.54, 1.807) is 6.92 Å². The van der Waals surface area contributed by atoms with Crippen molar-refractivity contribution >= 4 is 29.3 Å². The van der Waals surface area contributed by atoms with Crippen LogP contribution in [0.15, 0.2) is 17.2 Å². The number of aromatic nitrogens is 1. The average molecular weight is 299 g/mol. The number of nitrogens with zero attached hydrogens (tertiary/aromatic N) is 1. The van der Waals surface area contributed by atoms with E-state index in [4.69, 9.17) is 11.6 Å². The number of thioether (sulfide) groups is 1. The zero-order valence-electron chi connectivity index (χ0n) is 9.34. The standard InChI is InChI=1S/C10H10ClF3N2OS/c1-2-15-8(17)5-18-9-4-6(10(12,13)14)3-7(11)16-9/h3-4H,2,5H2,1H3,(H,15,17). The van der Waals surface area contributed by atoms with Gasteiger partial charge in [-0.05, 0) is 19.1 Å². The van der Waals surface area contributed by atoms with Gasteiger partial charge in [0.1, 0.15) is 5.15 Å². The van der Waals surface area contributed by atoms with Gasteiger partial charge in [0.25, 0.3) is 0 Å². The van der Waals surface area contributed by atoms with E-state index in [1.165, 1.54) is 0 Å². The summed E-state index contributed by atoms with van der Waals surface area (Å²) in [6.07, 6.45) is -4.48. The molecule has 1 amide bonds. The summed E-state index contributed by atoms with van der Waals surface area (Å²) in [6.45, 7) is 2.22. The van der Waals surface area contributed by atoms with Gasteiger partial charge in [-0.15, -0.1) is 0 Å².